The molecule has 4 nitrogen and oxygen atoms in total. The summed E-state index contributed by atoms with van der Waals surface area (Å²) in [6.45, 7) is 10.4. The van der Waals surface area contributed by atoms with Crippen molar-refractivity contribution in [3.05, 3.63) is 0 Å². The highest BCUT2D eigenvalue weighted by molar-refractivity contribution is 4.49. The summed E-state index contributed by atoms with van der Waals surface area (Å²) in [5.41, 5.74) is 6.30. The lowest BCUT2D eigenvalue weighted by atomic mass is 10.5. The molecule has 0 unspecified atom stereocenters. The van der Waals surface area contributed by atoms with Crippen LogP contribution in [0.15, 0.2) is 0 Å². The van der Waals surface area contributed by atoms with Crippen molar-refractivity contribution in [3.8, 4) is 0 Å². The minimum atomic E-state index is 0.974. The molecule has 4 N–H and O–H groups in total. The van der Waals surface area contributed by atoms with Gasteiger partial charge < -0.3 is 10.6 Å². The van der Waals surface area contributed by atoms with Crippen LogP contribution in [0, 0.1) is 0 Å². The highest BCUT2D eigenvalue weighted by Gasteiger charge is 1.86. The van der Waals surface area contributed by atoms with Crippen LogP contribution in [-0.2, 0) is 0 Å². The first-order valence-electron chi connectivity index (χ1n) is 5.29. The third kappa shape index (κ3) is 11.8. The van der Waals surface area contributed by atoms with Gasteiger partial charge in [-0.1, -0.05) is 13.8 Å². The quantitative estimate of drug-likeness (QED) is 0.281. The van der Waals surface area contributed by atoms with Crippen LogP contribution in [0.2, 0.25) is 0 Å². The standard InChI is InChI=1S/C9H24N4/c1-3-5-11-7-9-13-12-8-6-10-4-2/h10-13H,3-9H2,1-2H3. The zero-order valence-corrected chi connectivity index (χ0v) is 8.95. The Labute approximate surface area is 81.8 Å². The lowest BCUT2D eigenvalue weighted by molar-refractivity contribution is 0.503. The number of likely N-dealkylation sites (N-methyl/N-ethyl adjacent to an activating group) is 1. The number of hydrogen-bond donors (Lipinski definition) is 4. The fourth-order valence-electron chi connectivity index (χ4n) is 0.957. The Morgan fingerprint density at radius 2 is 1.31 bits per heavy atom. The van der Waals surface area contributed by atoms with Crippen molar-refractivity contribution in [2.45, 2.75) is 20.3 Å². The van der Waals surface area contributed by atoms with Crippen LogP contribution in [0.1, 0.15) is 20.3 Å². The van der Waals surface area contributed by atoms with E-state index in [4.69, 9.17) is 0 Å². The Morgan fingerprint density at radius 1 is 0.692 bits per heavy atom. The summed E-state index contributed by atoms with van der Waals surface area (Å²) < 4.78 is 0. The maximum atomic E-state index is 3.32. The van der Waals surface area contributed by atoms with Crippen LogP contribution in [0.3, 0.4) is 0 Å². The summed E-state index contributed by atoms with van der Waals surface area (Å²) in [6.07, 6.45) is 1.20. The summed E-state index contributed by atoms with van der Waals surface area (Å²) in [4.78, 5) is 0. The average molecular weight is 188 g/mol. The van der Waals surface area contributed by atoms with Crippen LogP contribution in [0.5, 0.6) is 0 Å². The summed E-state index contributed by atoms with van der Waals surface area (Å²) in [5.74, 6) is 0. The van der Waals surface area contributed by atoms with Crippen LogP contribution >= 0.6 is 0 Å². The molecule has 0 aliphatic carbocycles. The van der Waals surface area contributed by atoms with Crippen LogP contribution < -0.4 is 21.5 Å². The Hall–Kier alpha value is -0.160. The molecule has 0 aliphatic heterocycles. The van der Waals surface area contributed by atoms with Gasteiger partial charge in [-0.3, -0.25) is 10.9 Å². The molecule has 0 aromatic carbocycles. The molecule has 0 saturated heterocycles. The highest BCUT2D eigenvalue weighted by atomic mass is 15.4. The number of hydrogen-bond acceptors (Lipinski definition) is 4. The van der Waals surface area contributed by atoms with Crippen molar-refractivity contribution < 1.29 is 0 Å². The monoisotopic (exact) mass is 188 g/mol. The minimum absolute atomic E-state index is 0.974. The smallest absolute Gasteiger partial charge is 0.0225 e. The number of rotatable bonds is 10. The van der Waals surface area contributed by atoms with Crippen molar-refractivity contribution in [1.82, 2.24) is 21.5 Å². The van der Waals surface area contributed by atoms with Crippen LogP contribution in [0.25, 0.3) is 0 Å². The summed E-state index contributed by atoms with van der Waals surface area (Å²) in [6, 6.07) is 0. The maximum Gasteiger partial charge on any atom is 0.0225 e. The molecular formula is C9H24N4. The predicted octanol–water partition coefficient (Wildman–Crippen LogP) is -0.310. The van der Waals surface area contributed by atoms with Crippen molar-refractivity contribution in [1.29, 1.82) is 0 Å². The first kappa shape index (κ1) is 12.8. The van der Waals surface area contributed by atoms with Crippen LogP contribution in [0.4, 0.5) is 0 Å². The van der Waals surface area contributed by atoms with Gasteiger partial charge in [-0.2, -0.15) is 0 Å². The molecule has 0 aromatic heterocycles. The second kappa shape index (κ2) is 11.8. The Morgan fingerprint density at radius 3 is 1.85 bits per heavy atom. The summed E-state index contributed by atoms with van der Waals surface area (Å²) >= 11 is 0. The largest absolute Gasteiger partial charge is 0.316 e. The molecule has 0 amide bonds. The fraction of sp³-hybridized carbons (Fsp3) is 1.00. The molecule has 0 rings (SSSR count). The molecule has 0 bridgehead atoms. The van der Waals surface area contributed by atoms with Gasteiger partial charge in [0, 0.05) is 26.2 Å². The van der Waals surface area contributed by atoms with Gasteiger partial charge in [-0.05, 0) is 19.5 Å². The van der Waals surface area contributed by atoms with Crippen molar-refractivity contribution >= 4 is 0 Å². The highest BCUT2D eigenvalue weighted by Crippen LogP contribution is 1.67. The molecule has 0 aromatic rings. The van der Waals surface area contributed by atoms with E-state index in [2.05, 4.69) is 35.3 Å². The van der Waals surface area contributed by atoms with E-state index in [9.17, 15) is 0 Å². The average Bonchev–Trinajstić information content (AvgIpc) is 2.16. The van der Waals surface area contributed by atoms with E-state index in [1.165, 1.54) is 6.42 Å². The molecular weight excluding hydrogens is 164 g/mol. The molecule has 13 heavy (non-hydrogen) atoms. The molecule has 0 atom stereocenters. The van der Waals surface area contributed by atoms with E-state index in [1.54, 1.807) is 0 Å². The predicted molar refractivity (Wildman–Crippen MR) is 57.7 cm³/mol. The maximum absolute atomic E-state index is 3.32. The van der Waals surface area contributed by atoms with Gasteiger partial charge in [0.1, 0.15) is 0 Å². The third-order valence-electron chi connectivity index (χ3n) is 1.66. The van der Waals surface area contributed by atoms with E-state index in [0.29, 0.717) is 0 Å². The number of nitrogens with one attached hydrogen (secondary N) is 4. The van der Waals surface area contributed by atoms with E-state index < -0.39 is 0 Å². The molecule has 80 valence electrons. The van der Waals surface area contributed by atoms with Gasteiger partial charge in [0.05, 0.1) is 0 Å². The van der Waals surface area contributed by atoms with E-state index in [0.717, 1.165) is 39.3 Å². The summed E-state index contributed by atoms with van der Waals surface area (Å²) in [5, 5.41) is 6.56. The number of hydrazine groups is 1. The second-order valence-corrected chi connectivity index (χ2v) is 2.96. The molecule has 0 radical (unpaired) electrons. The third-order valence-corrected chi connectivity index (χ3v) is 1.66. The van der Waals surface area contributed by atoms with E-state index >= 15 is 0 Å². The van der Waals surface area contributed by atoms with Crippen molar-refractivity contribution in [3.63, 3.8) is 0 Å². The first-order valence-corrected chi connectivity index (χ1v) is 5.29. The SMILES string of the molecule is CCCNCCNNCCNCC. The Bertz CT molecular complexity index is 77.7. The normalized spacial score (nSPS) is 10.6. The lowest BCUT2D eigenvalue weighted by Gasteiger charge is -2.07. The van der Waals surface area contributed by atoms with Crippen LogP contribution in [-0.4, -0.2) is 39.3 Å². The minimum Gasteiger partial charge on any atom is -0.316 e. The topological polar surface area (TPSA) is 48.1 Å². The van der Waals surface area contributed by atoms with Gasteiger partial charge in [-0.15, -0.1) is 0 Å². The van der Waals surface area contributed by atoms with E-state index in [1.807, 2.05) is 0 Å². The van der Waals surface area contributed by atoms with Crippen molar-refractivity contribution in [2.75, 3.05) is 39.3 Å². The van der Waals surface area contributed by atoms with Gasteiger partial charge >= 0.3 is 0 Å². The molecule has 4 heteroatoms. The zero-order valence-electron chi connectivity index (χ0n) is 8.95. The molecule has 0 spiro atoms. The van der Waals surface area contributed by atoms with Gasteiger partial charge in [-0.25, -0.2) is 0 Å². The molecule has 0 saturated carbocycles. The zero-order chi connectivity index (χ0) is 9.78. The van der Waals surface area contributed by atoms with E-state index in [-0.39, 0.29) is 0 Å². The molecule has 0 fully saturated rings. The second-order valence-electron chi connectivity index (χ2n) is 2.96. The van der Waals surface area contributed by atoms with Gasteiger partial charge in [0.25, 0.3) is 0 Å². The van der Waals surface area contributed by atoms with Gasteiger partial charge in [0.15, 0.2) is 0 Å². The van der Waals surface area contributed by atoms with Crippen molar-refractivity contribution in [2.24, 2.45) is 0 Å². The molecule has 0 heterocycles. The Kier molecular flexibility index (Phi) is 11.7. The first-order chi connectivity index (χ1) is 6.41. The lowest BCUT2D eigenvalue weighted by Crippen LogP contribution is -2.40. The van der Waals surface area contributed by atoms with Gasteiger partial charge in [0.2, 0.25) is 0 Å². The summed E-state index contributed by atoms with van der Waals surface area (Å²) in [7, 11) is 0. The fourth-order valence-corrected chi connectivity index (χ4v) is 0.957. The molecule has 0 aliphatic rings. The Balaban J connectivity index is 2.76.